The van der Waals surface area contributed by atoms with Gasteiger partial charge >= 0.3 is 13.8 Å². The van der Waals surface area contributed by atoms with E-state index in [1.165, 1.54) is 96.3 Å². The van der Waals surface area contributed by atoms with E-state index < -0.39 is 13.9 Å². The Kier molecular flexibility index (Phi) is 29.1. The summed E-state index contributed by atoms with van der Waals surface area (Å²) in [6, 6.07) is 0. The fourth-order valence-electron chi connectivity index (χ4n) is 4.71. The van der Waals surface area contributed by atoms with Crippen molar-refractivity contribution in [3.8, 4) is 0 Å². The summed E-state index contributed by atoms with van der Waals surface area (Å²) >= 11 is 0. The van der Waals surface area contributed by atoms with Crippen molar-refractivity contribution in [2.75, 3.05) is 54.1 Å². The monoisotopic (exact) mass is 648 g/mol. The number of esters is 1. The van der Waals surface area contributed by atoms with Crippen molar-refractivity contribution < 1.29 is 37.3 Å². The minimum atomic E-state index is -4.26. The van der Waals surface area contributed by atoms with Crippen molar-refractivity contribution in [3.63, 3.8) is 0 Å². The van der Waals surface area contributed by atoms with E-state index in [1.54, 1.807) is 0 Å². The molecule has 0 saturated heterocycles. The van der Waals surface area contributed by atoms with E-state index in [1.807, 2.05) is 21.1 Å². The summed E-state index contributed by atoms with van der Waals surface area (Å²) in [5.74, 6) is -0.319. The molecule has 44 heavy (non-hydrogen) atoms. The van der Waals surface area contributed by atoms with Crippen LogP contribution in [0.25, 0.3) is 0 Å². The zero-order chi connectivity index (χ0) is 32.8. The Labute approximate surface area is 271 Å². The zero-order valence-corrected chi connectivity index (χ0v) is 30.3. The molecule has 0 spiro atoms. The maximum Gasteiger partial charge on any atom is 0.472 e. The lowest BCUT2D eigenvalue weighted by Gasteiger charge is -2.24. The van der Waals surface area contributed by atoms with Gasteiger partial charge in [-0.15, -0.1) is 0 Å². The van der Waals surface area contributed by atoms with Gasteiger partial charge in [-0.25, -0.2) is 4.57 Å². The summed E-state index contributed by atoms with van der Waals surface area (Å²) in [5.41, 5.74) is 0. The van der Waals surface area contributed by atoms with E-state index in [2.05, 4.69) is 26.0 Å². The molecule has 0 heterocycles. The summed E-state index contributed by atoms with van der Waals surface area (Å²) in [7, 11) is 1.67. The molecule has 0 saturated carbocycles. The third-order valence-corrected chi connectivity index (χ3v) is 8.56. The van der Waals surface area contributed by atoms with Crippen molar-refractivity contribution in [2.24, 2.45) is 0 Å². The molecule has 0 aliphatic heterocycles. The number of allylic oxidation sites excluding steroid dienone is 2. The molecule has 8 nitrogen and oxygen atoms in total. The lowest BCUT2D eigenvalue weighted by Crippen LogP contribution is -2.37. The Morgan fingerprint density at radius 3 is 1.80 bits per heavy atom. The predicted octanol–water partition coefficient (Wildman–Crippen LogP) is 9.54. The zero-order valence-electron chi connectivity index (χ0n) is 29.4. The lowest BCUT2D eigenvalue weighted by molar-refractivity contribution is -0.870. The number of likely N-dealkylation sites (N-methyl/N-ethyl adjacent to an activating group) is 1. The molecule has 0 bridgehead atoms. The van der Waals surface area contributed by atoms with E-state index in [-0.39, 0.29) is 25.8 Å². The summed E-state index contributed by atoms with van der Waals surface area (Å²) in [5, 5.41) is 0. The third kappa shape index (κ3) is 32.6. The molecule has 0 aromatic heterocycles. The number of rotatable bonds is 33. The number of unbranched alkanes of at least 4 members (excludes halogenated alkanes) is 17. The first-order valence-corrected chi connectivity index (χ1v) is 19.4. The molecular formula is C35H71NO7P+. The minimum Gasteiger partial charge on any atom is -0.457 e. The normalized spacial score (nSPS) is 14.2. The van der Waals surface area contributed by atoms with Gasteiger partial charge < -0.3 is 18.9 Å². The molecule has 0 aromatic rings. The van der Waals surface area contributed by atoms with Crippen molar-refractivity contribution in [2.45, 2.75) is 155 Å². The largest absolute Gasteiger partial charge is 0.472 e. The summed E-state index contributed by atoms with van der Waals surface area (Å²) in [6.45, 7) is 5.56. The number of phosphoric ester groups is 1. The van der Waals surface area contributed by atoms with Crippen LogP contribution >= 0.6 is 7.82 Å². The fourth-order valence-corrected chi connectivity index (χ4v) is 5.45. The maximum atomic E-state index is 12.5. The molecular weight excluding hydrogens is 577 g/mol. The summed E-state index contributed by atoms with van der Waals surface area (Å²) < 4.78 is 34.7. The van der Waals surface area contributed by atoms with Gasteiger partial charge in [-0.05, 0) is 32.1 Å². The number of quaternary nitrogens is 1. The molecule has 262 valence electrons. The van der Waals surface area contributed by atoms with Crippen LogP contribution in [0.15, 0.2) is 12.2 Å². The predicted molar refractivity (Wildman–Crippen MR) is 183 cm³/mol. The standard InChI is InChI=1S/C35H70NO7P/c1-6-8-10-12-14-16-18-19-21-23-25-27-30-40-32-34(33-42-44(38,39)41-31-29-36(3,4)5)43-35(37)28-26-24-22-20-17-15-13-11-9-7-2/h12,14,34H,6-11,13,15-33H2,1-5H3/p+1/b14-12-. The quantitative estimate of drug-likeness (QED) is 0.0249. The number of nitrogens with zero attached hydrogens (tertiary/aromatic N) is 1. The van der Waals surface area contributed by atoms with Gasteiger partial charge in [0.05, 0.1) is 34.4 Å². The van der Waals surface area contributed by atoms with E-state index in [0.717, 1.165) is 32.1 Å². The summed E-state index contributed by atoms with van der Waals surface area (Å²) in [6.07, 6.45) is 28.0. The lowest BCUT2D eigenvalue weighted by atomic mass is 10.1. The smallest absolute Gasteiger partial charge is 0.457 e. The van der Waals surface area contributed by atoms with E-state index in [0.29, 0.717) is 24.1 Å². The fraction of sp³-hybridized carbons (Fsp3) is 0.914. The van der Waals surface area contributed by atoms with E-state index >= 15 is 0 Å². The second-order valence-electron chi connectivity index (χ2n) is 13.3. The van der Waals surface area contributed by atoms with Gasteiger partial charge in [0.15, 0.2) is 0 Å². The molecule has 0 radical (unpaired) electrons. The molecule has 0 rings (SSSR count). The van der Waals surface area contributed by atoms with Gasteiger partial charge in [0.2, 0.25) is 0 Å². The highest BCUT2D eigenvalue weighted by Crippen LogP contribution is 2.43. The van der Waals surface area contributed by atoms with Crippen LogP contribution in [0, 0.1) is 0 Å². The molecule has 0 aromatic carbocycles. The van der Waals surface area contributed by atoms with Crippen LogP contribution < -0.4 is 0 Å². The van der Waals surface area contributed by atoms with Crippen LogP contribution in [0.2, 0.25) is 0 Å². The second-order valence-corrected chi connectivity index (χ2v) is 14.7. The highest BCUT2D eigenvalue weighted by molar-refractivity contribution is 7.47. The SMILES string of the molecule is CCCC/C=C\CCCCCCCCOCC(COP(=O)(O)OCC[N+](C)(C)C)OC(=O)CCCCCCCCCCCC. The van der Waals surface area contributed by atoms with Crippen LogP contribution in [0.3, 0.4) is 0 Å². The number of hydrogen-bond donors (Lipinski definition) is 1. The minimum absolute atomic E-state index is 0.0899. The average Bonchev–Trinajstić information content (AvgIpc) is 2.96. The Bertz CT molecular complexity index is 726. The second kappa shape index (κ2) is 29.6. The van der Waals surface area contributed by atoms with E-state index in [9.17, 15) is 14.3 Å². The van der Waals surface area contributed by atoms with Crippen LogP contribution in [-0.4, -0.2) is 75.6 Å². The number of hydrogen-bond acceptors (Lipinski definition) is 6. The molecule has 0 aliphatic carbocycles. The summed E-state index contributed by atoms with van der Waals surface area (Å²) in [4.78, 5) is 22.7. The van der Waals surface area contributed by atoms with Gasteiger partial charge in [-0.1, -0.05) is 122 Å². The number of carbonyl (C=O) groups is 1. The van der Waals surface area contributed by atoms with Crippen LogP contribution in [0.5, 0.6) is 0 Å². The number of carbonyl (C=O) groups excluding carboxylic acids is 1. The topological polar surface area (TPSA) is 91.3 Å². The third-order valence-electron chi connectivity index (χ3n) is 7.58. The number of ether oxygens (including phenoxy) is 2. The first-order chi connectivity index (χ1) is 21.1. The average molecular weight is 649 g/mol. The van der Waals surface area contributed by atoms with Gasteiger partial charge in [-0.2, -0.15) is 0 Å². The van der Waals surface area contributed by atoms with Crippen molar-refractivity contribution in [1.29, 1.82) is 0 Å². The number of phosphoric acid groups is 1. The van der Waals surface area contributed by atoms with Gasteiger partial charge in [0.25, 0.3) is 0 Å². The maximum absolute atomic E-state index is 12.5. The Morgan fingerprint density at radius 1 is 0.682 bits per heavy atom. The molecule has 2 unspecified atom stereocenters. The van der Waals surface area contributed by atoms with Crippen LogP contribution in [-0.2, 0) is 27.9 Å². The molecule has 1 N–H and O–H groups in total. The first kappa shape index (κ1) is 43.2. The van der Waals surface area contributed by atoms with Crippen molar-refractivity contribution >= 4 is 13.8 Å². The highest BCUT2D eigenvalue weighted by atomic mass is 31.2. The molecule has 0 aliphatic rings. The first-order valence-electron chi connectivity index (χ1n) is 17.9. The molecule has 0 amide bonds. The Balaban J connectivity index is 4.33. The van der Waals surface area contributed by atoms with Crippen LogP contribution in [0.1, 0.15) is 149 Å². The van der Waals surface area contributed by atoms with Crippen LogP contribution in [0.4, 0.5) is 0 Å². The molecule has 0 fully saturated rings. The van der Waals surface area contributed by atoms with E-state index in [4.69, 9.17) is 18.5 Å². The van der Waals surface area contributed by atoms with Crippen molar-refractivity contribution in [1.82, 2.24) is 0 Å². The molecule has 9 heteroatoms. The Hall–Kier alpha value is -0.760. The highest BCUT2D eigenvalue weighted by Gasteiger charge is 2.26. The Morgan fingerprint density at radius 2 is 1.20 bits per heavy atom. The van der Waals surface area contributed by atoms with Gasteiger partial charge in [-0.3, -0.25) is 13.8 Å². The van der Waals surface area contributed by atoms with Crippen molar-refractivity contribution in [3.05, 3.63) is 12.2 Å². The molecule has 2 atom stereocenters. The van der Waals surface area contributed by atoms with Gasteiger partial charge in [0.1, 0.15) is 19.3 Å². The van der Waals surface area contributed by atoms with Gasteiger partial charge in [0, 0.05) is 13.0 Å².